The molecule has 0 aliphatic carbocycles. The Morgan fingerprint density at radius 3 is 2.87 bits per heavy atom. The monoisotopic (exact) mass is 267 g/mol. The number of phenolic OH excluding ortho intramolecular Hbond substituents is 1. The Balaban J connectivity index is 3.23. The fourth-order valence-corrected chi connectivity index (χ4v) is 1.75. The first-order chi connectivity index (χ1) is 7.07. The number of aromatic hydroxyl groups is 1. The lowest BCUT2D eigenvalue weighted by atomic mass is 9.99. The van der Waals surface area contributed by atoms with Gasteiger partial charge in [-0.25, -0.2) is 0 Å². The summed E-state index contributed by atoms with van der Waals surface area (Å²) in [7, 11) is 0. The summed E-state index contributed by atoms with van der Waals surface area (Å²) in [5.41, 5.74) is 1.17. The molecule has 0 aliphatic heterocycles. The minimum atomic E-state index is -0.465. The molecule has 1 aromatic rings. The van der Waals surface area contributed by atoms with Gasteiger partial charge in [-0.3, -0.25) is 4.79 Å². The van der Waals surface area contributed by atoms with Crippen LogP contribution in [0.2, 0.25) is 0 Å². The largest absolute Gasteiger partial charge is 0.508 e. The summed E-state index contributed by atoms with van der Waals surface area (Å²) >= 11 is 3.24. The van der Waals surface area contributed by atoms with Gasteiger partial charge in [-0.05, 0) is 18.6 Å². The van der Waals surface area contributed by atoms with Crippen LogP contribution in [0.1, 0.15) is 22.9 Å². The van der Waals surface area contributed by atoms with Crippen molar-refractivity contribution in [3.63, 3.8) is 0 Å². The van der Waals surface area contributed by atoms with E-state index in [0.29, 0.717) is 11.1 Å². The molecular weight excluding hydrogens is 258 g/mol. The lowest BCUT2D eigenvalue weighted by Crippen LogP contribution is -2.04. The van der Waals surface area contributed by atoms with Crippen LogP contribution >= 0.6 is 15.9 Å². The Morgan fingerprint density at radius 1 is 1.67 bits per heavy atom. The summed E-state index contributed by atoms with van der Waals surface area (Å²) < 4.78 is 0. The molecule has 0 aliphatic rings. The standard InChI is InChI=1S/C11H10BrNO2/c1-7(14)11(12)9-3-2-4-10(15)8(9)5-6-13/h2-4,11,15H,5H2,1H3. The van der Waals surface area contributed by atoms with Crippen LogP contribution in [-0.4, -0.2) is 10.9 Å². The van der Waals surface area contributed by atoms with E-state index < -0.39 is 4.83 Å². The molecule has 0 radical (unpaired) electrons. The molecule has 0 amide bonds. The molecule has 0 bridgehead atoms. The molecule has 0 aromatic heterocycles. The first-order valence-corrected chi connectivity index (χ1v) is 5.31. The minimum absolute atomic E-state index is 0.0553. The number of Topliss-reactive ketones (excluding diaryl/α,β-unsaturated/α-hetero) is 1. The van der Waals surface area contributed by atoms with E-state index in [1.54, 1.807) is 12.1 Å². The number of alkyl halides is 1. The number of nitriles is 1. The highest BCUT2D eigenvalue weighted by Gasteiger charge is 2.18. The molecule has 0 fully saturated rings. The van der Waals surface area contributed by atoms with Gasteiger partial charge in [-0.15, -0.1) is 0 Å². The van der Waals surface area contributed by atoms with Crippen LogP contribution in [0.5, 0.6) is 5.75 Å². The Labute approximate surface area is 96.5 Å². The number of ketones is 1. The second-order valence-electron chi connectivity index (χ2n) is 3.15. The molecule has 15 heavy (non-hydrogen) atoms. The van der Waals surface area contributed by atoms with Crippen LogP contribution in [-0.2, 0) is 11.2 Å². The molecule has 1 aromatic carbocycles. The number of halogens is 1. The summed E-state index contributed by atoms with van der Waals surface area (Å²) in [5.74, 6) is -0.000426. The number of nitrogens with zero attached hydrogens (tertiary/aromatic N) is 1. The van der Waals surface area contributed by atoms with Gasteiger partial charge >= 0.3 is 0 Å². The van der Waals surface area contributed by atoms with Gasteiger partial charge in [0.05, 0.1) is 17.3 Å². The lowest BCUT2D eigenvalue weighted by Gasteiger charge is -2.11. The summed E-state index contributed by atoms with van der Waals surface area (Å²) in [6.07, 6.45) is 0.0946. The van der Waals surface area contributed by atoms with Crippen molar-refractivity contribution in [2.75, 3.05) is 0 Å². The van der Waals surface area contributed by atoms with Crippen molar-refractivity contribution in [3.8, 4) is 11.8 Å². The van der Waals surface area contributed by atoms with Crippen molar-refractivity contribution in [3.05, 3.63) is 29.3 Å². The van der Waals surface area contributed by atoms with Crippen LogP contribution < -0.4 is 0 Å². The Kier molecular flexibility index (Phi) is 3.87. The average Bonchev–Trinajstić information content (AvgIpc) is 2.20. The second kappa shape index (κ2) is 4.94. The number of phenols is 1. The van der Waals surface area contributed by atoms with Gasteiger partial charge in [-0.2, -0.15) is 5.26 Å². The molecule has 0 saturated heterocycles. The molecule has 1 rings (SSSR count). The van der Waals surface area contributed by atoms with Crippen LogP contribution in [0.4, 0.5) is 0 Å². The lowest BCUT2D eigenvalue weighted by molar-refractivity contribution is -0.116. The fraction of sp³-hybridized carbons (Fsp3) is 0.273. The van der Waals surface area contributed by atoms with Crippen molar-refractivity contribution in [1.29, 1.82) is 5.26 Å². The number of hydrogen-bond donors (Lipinski definition) is 1. The highest BCUT2D eigenvalue weighted by molar-refractivity contribution is 9.09. The maximum atomic E-state index is 11.2. The minimum Gasteiger partial charge on any atom is -0.508 e. The number of carbonyl (C=O) groups excluding carboxylic acids is 1. The zero-order chi connectivity index (χ0) is 11.4. The normalized spacial score (nSPS) is 11.8. The van der Waals surface area contributed by atoms with E-state index >= 15 is 0 Å². The molecule has 0 spiro atoms. The van der Waals surface area contributed by atoms with E-state index in [1.807, 2.05) is 6.07 Å². The fourth-order valence-electron chi connectivity index (χ4n) is 1.32. The van der Waals surface area contributed by atoms with Gasteiger partial charge in [0.2, 0.25) is 0 Å². The van der Waals surface area contributed by atoms with Crippen LogP contribution in [0.25, 0.3) is 0 Å². The van der Waals surface area contributed by atoms with Crippen molar-refractivity contribution in [1.82, 2.24) is 0 Å². The maximum absolute atomic E-state index is 11.2. The molecule has 1 atom stereocenters. The SMILES string of the molecule is CC(=O)C(Br)c1cccc(O)c1CC#N. The van der Waals surface area contributed by atoms with E-state index in [0.717, 1.165) is 0 Å². The third-order valence-electron chi connectivity index (χ3n) is 2.07. The Bertz CT molecular complexity index is 423. The van der Waals surface area contributed by atoms with Gasteiger partial charge < -0.3 is 5.11 Å². The number of benzene rings is 1. The Morgan fingerprint density at radius 2 is 2.33 bits per heavy atom. The zero-order valence-electron chi connectivity index (χ0n) is 8.20. The van der Waals surface area contributed by atoms with Gasteiger partial charge in [0.25, 0.3) is 0 Å². The second-order valence-corrected chi connectivity index (χ2v) is 4.07. The molecule has 3 nitrogen and oxygen atoms in total. The summed E-state index contributed by atoms with van der Waals surface area (Å²) in [4.78, 5) is 10.7. The van der Waals surface area contributed by atoms with E-state index in [1.165, 1.54) is 13.0 Å². The Hall–Kier alpha value is -1.34. The number of carbonyl (C=O) groups is 1. The molecule has 1 unspecified atom stereocenters. The van der Waals surface area contributed by atoms with E-state index in [-0.39, 0.29) is 18.0 Å². The molecule has 4 heteroatoms. The predicted molar refractivity (Wildman–Crippen MR) is 59.8 cm³/mol. The van der Waals surface area contributed by atoms with Gasteiger partial charge in [-0.1, -0.05) is 28.1 Å². The summed E-state index contributed by atoms with van der Waals surface area (Å²) in [5, 5.41) is 18.2. The predicted octanol–water partition coefficient (Wildman–Crippen LogP) is 2.48. The molecule has 78 valence electrons. The van der Waals surface area contributed by atoms with Crippen molar-refractivity contribution < 1.29 is 9.90 Å². The van der Waals surface area contributed by atoms with E-state index in [4.69, 9.17) is 5.26 Å². The quantitative estimate of drug-likeness (QED) is 0.856. The third kappa shape index (κ3) is 2.57. The van der Waals surface area contributed by atoms with Crippen LogP contribution in [0, 0.1) is 11.3 Å². The molecule has 0 heterocycles. The van der Waals surface area contributed by atoms with Crippen molar-refractivity contribution in [2.24, 2.45) is 0 Å². The molecular formula is C11H10BrNO2. The smallest absolute Gasteiger partial charge is 0.147 e. The van der Waals surface area contributed by atoms with E-state index in [2.05, 4.69) is 15.9 Å². The van der Waals surface area contributed by atoms with Gasteiger partial charge in [0.15, 0.2) is 0 Å². The highest BCUT2D eigenvalue weighted by Crippen LogP contribution is 2.31. The topological polar surface area (TPSA) is 61.1 Å². The van der Waals surface area contributed by atoms with Crippen LogP contribution in [0.3, 0.4) is 0 Å². The van der Waals surface area contributed by atoms with Crippen molar-refractivity contribution >= 4 is 21.7 Å². The number of rotatable bonds is 3. The van der Waals surface area contributed by atoms with Crippen molar-refractivity contribution in [2.45, 2.75) is 18.2 Å². The zero-order valence-corrected chi connectivity index (χ0v) is 9.78. The first kappa shape index (κ1) is 11.7. The maximum Gasteiger partial charge on any atom is 0.147 e. The first-order valence-electron chi connectivity index (χ1n) is 4.40. The average molecular weight is 268 g/mol. The summed E-state index contributed by atoms with van der Waals surface area (Å²) in [6, 6.07) is 6.86. The molecule has 0 saturated carbocycles. The van der Waals surface area contributed by atoms with E-state index in [9.17, 15) is 9.90 Å². The molecule has 1 N–H and O–H groups in total. The summed E-state index contributed by atoms with van der Waals surface area (Å²) in [6.45, 7) is 1.46. The number of hydrogen-bond acceptors (Lipinski definition) is 3. The highest BCUT2D eigenvalue weighted by atomic mass is 79.9. The van der Waals surface area contributed by atoms with Crippen LogP contribution in [0.15, 0.2) is 18.2 Å². The van der Waals surface area contributed by atoms with Gasteiger partial charge in [0, 0.05) is 5.56 Å². The third-order valence-corrected chi connectivity index (χ3v) is 3.21. The van der Waals surface area contributed by atoms with Gasteiger partial charge in [0.1, 0.15) is 11.5 Å².